The summed E-state index contributed by atoms with van der Waals surface area (Å²) < 4.78 is 21.7. The monoisotopic (exact) mass is 275 g/mol. The predicted molar refractivity (Wildman–Crippen MR) is 64.8 cm³/mol. The van der Waals surface area contributed by atoms with Gasteiger partial charge in [0.25, 0.3) is 0 Å². The second-order valence-corrected chi connectivity index (χ2v) is 5.48. The lowest BCUT2D eigenvalue weighted by atomic mass is 10.2. The normalized spacial score (nSPS) is 13.9. The fourth-order valence-electron chi connectivity index (χ4n) is 1.32. The topological polar surface area (TPSA) is 98.9 Å². The molecule has 0 saturated carbocycles. The molecule has 1 N–H and O–H groups in total. The molecule has 1 unspecified atom stereocenters. The van der Waals surface area contributed by atoms with E-state index in [4.69, 9.17) is 14.2 Å². The van der Waals surface area contributed by atoms with Gasteiger partial charge in [0.15, 0.2) is 0 Å². The van der Waals surface area contributed by atoms with Gasteiger partial charge in [-0.1, -0.05) is 6.07 Å². The van der Waals surface area contributed by atoms with Crippen molar-refractivity contribution in [3.05, 3.63) is 33.9 Å². The highest BCUT2D eigenvalue weighted by atomic mass is 31.2. The highest BCUT2D eigenvalue weighted by Gasteiger charge is 2.24. The van der Waals surface area contributed by atoms with Crippen LogP contribution in [0.1, 0.15) is 12.5 Å². The first-order valence-electron chi connectivity index (χ1n) is 5.19. The maximum absolute atomic E-state index is 11.8. The van der Waals surface area contributed by atoms with Crippen LogP contribution in [0.2, 0.25) is 0 Å². The van der Waals surface area contributed by atoms with Crippen molar-refractivity contribution in [2.75, 3.05) is 13.3 Å². The first-order chi connectivity index (χ1) is 8.39. The molecule has 0 aliphatic heterocycles. The maximum Gasteiger partial charge on any atom is 0.376 e. The Balaban J connectivity index is 3.09. The van der Waals surface area contributed by atoms with Crippen LogP contribution >= 0.6 is 7.60 Å². The third-order valence-corrected chi connectivity index (χ3v) is 3.29. The molecule has 18 heavy (non-hydrogen) atoms. The Labute approximate surface area is 104 Å². The van der Waals surface area contributed by atoms with Crippen LogP contribution in [0.25, 0.3) is 0 Å². The summed E-state index contributed by atoms with van der Waals surface area (Å²) in [5.41, 5.74) is 0.0136. The van der Waals surface area contributed by atoms with E-state index in [2.05, 4.69) is 0 Å². The lowest BCUT2D eigenvalue weighted by Gasteiger charge is -2.14. The minimum atomic E-state index is -3.37. The summed E-state index contributed by atoms with van der Waals surface area (Å²) in [6, 6.07) is 3.91. The van der Waals surface area contributed by atoms with Crippen LogP contribution in [0.4, 0.5) is 5.69 Å². The van der Waals surface area contributed by atoms with Crippen LogP contribution in [0.3, 0.4) is 0 Å². The van der Waals surface area contributed by atoms with Crippen molar-refractivity contribution >= 4 is 13.3 Å². The fourth-order valence-corrected chi connectivity index (χ4v) is 2.35. The molecule has 0 amide bonds. The van der Waals surface area contributed by atoms with Crippen molar-refractivity contribution < 1.29 is 23.6 Å². The van der Waals surface area contributed by atoms with Gasteiger partial charge in [-0.25, -0.2) is 4.57 Å². The molecule has 0 fully saturated rings. The molecule has 1 aromatic carbocycles. The Morgan fingerprint density at radius 1 is 1.50 bits per heavy atom. The largest absolute Gasteiger partial charge is 0.417 e. The summed E-state index contributed by atoms with van der Waals surface area (Å²) in [6.07, 6.45) is 0. The molecule has 7 nitrogen and oxygen atoms in total. The van der Waals surface area contributed by atoms with Crippen LogP contribution in [-0.4, -0.2) is 23.3 Å². The van der Waals surface area contributed by atoms with Crippen LogP contribution < -0.4 is 4.52 Å². The van der Waals surface area contributed by atoms with E-state index in [1.165, 1.54) is 24.9 Å². The van der Waals surface area contributed by atoms with E-state index < -0.39 is 12.5 Å². The van der Waals surface area contributed by atoms with E-state index in [0.717, 1.165) is 0 Å². The molecule has 1 atom stereocenters. The quantitative estimate of drug-likeness (QED) is 0.486. The van der Waals surface area contributed by atoms with Crippen LogP contribution in [0, 0.1) is 10.1 Å². The SMILES string of the molecule is CCOP(C)(=O)Oc1ccc(CO)cc1[N+](=O)[O-]. The number of nitrogens with zero attached hydrogens (tertiary/aromatic N) is 1. The Morgan fingerprint density at radius 2 is 2.17 bits per heavy atom. The highest BCUT2D eigenvalue weighted by Crippen LogP contribution is 2.46. The van der Waals surface area contributed by atoms with Crippen molar-refractivity contribution in [3.63, 3.8) is 0 Å². The molecule has 1 rings (SSSR count). The molecule has 8 heteroatoms. The Hall–Kier alpha value is -1.43. The van der Waals surface area contributed by atoms with Crippen molar-refractivity contribution in [2.24, 2.45) is 0 Å². The standard InChI is InChI=1S/C10H14NO6P/c1-3-16-18(2,15)17-10-5-4-8(7-12)6-9(10)11(13)14/h4-6,12H,3,7H2,1-2H3. The first-order valence-corrected chi connectivity index (χ1v) is 7.18. The van der Waals surface area contributed by atoms with Gasteiger partial charge in [-0.05, 0) is 18.6 Å². The van der Waals surface area contributed by atoms with Gasteiger partial charge < -0.3 is 14.2 Å². The summed E-state index contributed by atoms with van der Waals surface area (Å²) in [7, 11) is -3.37. The van der Waals surface area contributed by atoms with E-state index >= 15 is 0 Å². The average Bonchev–Trinajstić information content (AvgIpc) is 2.28. The van der Waals surface area contributed by atoms with Gasteiger partial charge >= 0.3 is 13.3 Å². The molecule has 1 aromatic rings. The number of aliphatic hydroxyl groups is 1. The van der Waals surface area contributed by atoms with E-state index in [-0.39, 0.29) is 24.7 Å². The Bertz CT molecular complexity index is 489. The zero-order valence-electron chi connectivity index (χ0n) is 10.0. The van der Waals surface area contributed by atoms with Gasteiger partial charge in [-0.3, -0.25) is 10.1 Å². The van der Waals surface area contributed by atoms with Gasteiger partial charge in [0.1, 0.15) is 0 Å². The number of nitro benzene ring substituents is 1. The summed E-state index contributed by atoms with van der Waals surface area (Å²) >= 11 is 0. The fraction of sp³-hybridized carbons (Fsp3) is 0.400. The van der Waals surface area contributed by atoms with Crippen molar-refractivity contribution in [1.82, 2.24) is 0 Å². The second-order valence-electron chi connectivity index (χ2n) is 3.50. The third-order valence-electron chi connectivity index (χ3n) is 2.03. The molecular formula is C10H14NO6P. The van der Waals surface area contributed by atoms with Gasteiger partial charge in [-0.2, -0.15) is 0 Å². The summed E-state index contributed by atoms with van der Waals surface area (Å²) in [5.74, 6) is -0.142. The molecule has 0 heterocycles. The van der Waals surface area contributed by atoms with Gasteiger partial charge in [0.2, 0.25) is 5.75 Å². The zero-order valence-corrected chi connectivity index (χ0v) is 10.9. The third kappa shape index (κ3) is 3.80. The Kier molecular flexibility index (Phi) is 4.84. The Morgan fingerprint density at radius 3 is 2.67 bits per heavy atom. The van der Waals surface area contributed by atoms with Crippen LogP contribution in [0.15, 0.2) is 18.2 Å². The predicted octanol–water partition coefficient (Wildman–Crippen LogP) is 2.33. The number of aliphatic hydroxyl groups excluding tert-OH is 1. The first kappa shape index (κ1) is 14.6. The van der Waals surface area contributed by atoms with Gasteiger partial charge in [-0.15, -0.1) is 0 Å². The van der Waals surface area contributed by atoms with E-state index in [1.807, 2.05) is 0 Å². The molecule has 100 valence electrons. The zero-order chi connectivity index (χ0) is 13.8. The molecular weight excluding hydrogens is 261 g/mol. The smallest absolute Gasteiger partial charge is 0.376 e. The average molecular weight is 275 g/mol. The minimum absolute atomic E-state index is 0.142. The molecule has 0 aromatic heterocycles. The van der Waals surface area contributed by atoms with E-state index in [9.17, 15) is 14.7 Å². The maximum atomic E-state index is 11.8. The van der Waals surface area contributed by atoms with E-state index in [0.29, 0.717) is 5.56 Å². The number of nitro groups is 1. The van der Waals surface area contributed by atoms with Crippen molar-refractivity contribution in [1.29, 1.82) is 0 Å². The van der Waals surface area contributed by atoms with Crippen molar-refractivity contribution in [2.45, 2.75) is 13.5 Å². The molecule has 0 radical (unpaired) electrons. The molecule has 0 aliphatic rings. The molecule has 0 aliphatic carbocycles. The second kappa shape index (κ2) is 5.95. The molecule has 0 spiro atoms. The lowest BCUT2D eigenvalue weighted by molar-refractivity contribution is -0.385. The number of hydrogen-bond donors (Lipinski definition) is 1. The van der Waals surface area contributed by atoms with Crippen LogP contribution in [-0.2, 0) is 15.7 Å². The van der Waals surface area contributed by atoms with Crippen LogP contribution in [0.5, 0.6) is 5.75 Å². The summed E-state index contributed by atoms with van der Waals surface area (Å²) in [5, 5.41) is 19.8. The molecule has 0 bridgehead atoms. The number of hydrogen-bond acceptors (Lipinski definition) is 6. The lowest BCUT2D eigenvalue weighted by Crippen LogP contribution is -2.00. The van der Waals surface area contributed by atoms with E-state index in [1.54, 1.807) is 6.92 Å². The van der Waals surface area contributed by atoms with Crippen molar-refractivity contribution in [3.8, 4) is 5.75 Å². The summed E-state index contributed by atoms with van der Waals surface area (Å²) in [6.45, 7) is 2.73. The number of benzene rings is 1. The summed E-state index contributed by atoms with van der Waals surface area (Å²) in [4.78, 5) is 10.2. The minimum Gasteiger partial charge on any atom is -0.417 e. The van der Waals surface area contributed by atoms with Gasteiger partial charge in [0.05, 0.1) is 18.1 Å². The number of rotatable bonds is 6. The molecule has 0 saturated heterocycles. The van der Waals surface area contributed by atoms with Gasteiger partial charge in [0, 0.05) is 12.7 Å². The highest BCUT2D eigenvalue weighted by molar-refractivity contribution is 7.53.